The minimum Gasteiger partial charge on any atom is -0.385 e. The lowest BCUT2D eigenvalue weighted by Gasteiger charge is -2.07. The van der Waals surface area contributed by atoms with Crippen molar-refractivity contribution < 1.29 is 27.5 Å². The fraction of sp³-hybridized carbons (Fsp3) is 0.333. The van der Waals surface area contributed by atoms with Crippen molar-refractivity contribution in [1.82, 2.24) is 9.97 Å². The van der Waals surface area contributed by atoms with E-state index in [2.05, 4.69) is 20.0 Å². The van der Waals surface area contributed by atoms with Gasteiger partial charge in [0.25, 0.3) is 0 Å². The number of hydrogen-bond acceptors (Lipinski definition) is 7. The molecule has 0 saturated carbocycles. The van der Waals surface area contributed by atoms with Crippen LogP contribution in [0.3, 0.4) is 0 Å². The van der Waals surface area contributed by atoms with E-state index in [4.69, 9.17) is 11.6 Å². The largest absolute Gasteiger partial charge is 0.491 e. The third-order valence-corrected chi connectivity index (χ3v) is 2.45. The molecule has 0 saturated heterocycles. The Balaban J connectivity index is 2.57. The Bertz CT molecular complexity index is 527. The minimum atomic E-state index is -5.22. The molecule has 0 aromatic carbocycles. The summed E-state index contributed by atoms with van der Waals surface area (Å²) >= 11 is 6.84. The molecule has 0 bridgehead atoms. The number of ether oxygens (including phenoxy) is 1. The molecule has 0 radical (unpaired) electrons. The van der Waals surface area contributed by atoms with Gasteiger partial charge in [0.05, 0.1) is 0 Å². The van der Waals surface area contributed by atoms with Gasteiger partial charge in [0.1, 0.15) is 17.5 Å². The second kappa shape index (κ2) is 6.75. The van der Waals surface area contributed by atoms with Gasteiger partial charge >= 0.3 is 18.1 Å². The summed E-state index contributed by atoms with van der Waals surface area (Å²) in [4.78, 5) is 29.1. The summed E-state index contributed by atoms with van der Waals surface area (Å²) in [5.41, 5.74) is 0. The first-order chi connectivity index (χ1) is 9.22. The van der Waals surface area contributed by atoms with Crippen LogP contribution in [0.1, 0.15) is 0 Å². The number of carbonyl (C=O) groups is 2. The van der Waals surface area contributed by atoms with Crippen LogP contribution in [0.4, 0.5) is 19.0 Å². The van der Waals surface area contributed by atoms with Crippen LogP contribution < -0.4 is 5.32 Å². The molecule has 20 heavy (non-hydrogen) atoms. The highest BCUT2D eigenvalue weighted by molar-refractivity contribution is 7.98. The maximum absolute atomic E-state index is 11.8. The van der Waals surface area contributed by atoms with E-state index in [1.807, 2.05) is 0 Å². The highest BCUT2D eigenvalue weighted by Crippen LogP contribution is 2.18. The lowest BCUT2D eigenvalue weighted by Crippen LogP contribution is -2.30. The van der Waals surface area contributed by atoms with E-state index in [0.717, 1.165) is 0 Å². The molecule has 0 amide bonds. The van der Waals surface area contributed by atoms with E-state index < -0.39 is 24.7 Å². The monoisotopic (exact) mass is 329 g/mol. The van der Waals surface area contributed by atoms with Gasteiger partial charge in [-0.15, -0.1) is 0 Å². The van der Waals surface area contributed by atoms with Crippen molar-refractivity contribution in [3.05, 3.63) is 11.2 Å². The molecule has 1 aromatic rings. The number of hydrogen-bond donors (Lipinski definition) is 1. The average molecular weight is 330 g/mol. The molecule has 6 nitrogen and oxygen atoms in total. The van der Waals surface area contributed by atoms with Crippen LogP contribution in [0.15, 0.2) is 11.2 Å². The van der Waals surface area contributed by atoms with Crippen molar-refractivity contribution in [1.29, 1.82) is 0 Å². The molecule has 11 heteroatoms. The highest BCUT2D eigenvalue weighted by Gasteiger charge is 2.42. The van der Waals surface area contributed by atoms with Crippen LogP contribution in [0, 0.1) is 0 Å². The molecule has 1 N–H and O–H groups in total. The summed E-state index contributed by atoms with van der Waals surface area (Å²) in [5, 5.41) is 2.77. The number of anilines is 1. The summed E-state index contributed by atoms with van der Waals surface area (Å²) in [6, 6.07) is 1.26. The Morgan fingerprint density at radius 1 is 1.45 bits per heavy atom. The van der Waals surface area contributed by atoms with E-state index in [9.17, 15) is 22.8 Å². The molecule has 1 heterocycles. The quantitative estimate of drug-likeness (QED) is 0.297. The van der Waals surface area contributed by atoms with Gasteiger partial charge in [-0.2, -0.15) is 13.2 Å². The standard InChI is InChI=1S/C9H7ClF3N3O3S/c1-20-8-15-4(10)2-5(16-8)14-3-6(17)19-7(18)9(11,12)13/h2H,3H2,1H3,(H,14,15,16). The van der Waals surface area contributed by atoms with Gasteiger partial charge in [-0.25, -0.2) is 19.6 Å². The number of nitrogens with one attached hydrogen (secondary N) is 1. The zero-order valence-electron chi connectivity index (χ0n) is 9.82. The highest BCUT2D eigenvalue weighted by atomic mass is 35.5. The molecular weight excluding hydrogens is 323 g/mol. The van der Waals surface area contributed by atoms with Crippen LogP contribution in [0.2, 0.25) is 5.15 Å². The predicted octanol–water partition coefficient (Wildman–Crippen LogP) is 1.90. The van der Waals surface area contributed by atoms with E-state index in [1.54, 1.807) is 6.26 Å². The number of thioether (sulfide) groups is 1. The maximum Gasteiger partial charge on any atom is 0.491 e. The first-order valence-electron chi connectivity index (χ1n) is 4.86. The first kappa shape index (κ1) is 16.5. The summed E-state index contributed by atoms with van der Waals surface area (Å²) in [6.07, 6.45) is -3.54. The Hall–Kier alpha value is -1.55. The maximum atomic E-state index is 11.8. The molecule has 0 atom stereocenters. The fourth-order valence-corrected chi connectivity index (χ4v) is 1.55. The SMILES string of the molecule is CSc1nc(Cl)cc(NCC(=O)OC(=O)C(F)(F)F)n1. The molecule has 0 unspecified atom stereocenters. The van der Waals surface area contributed by atoms with Crippen LogP contribution in [0.25, 0.3) is 0 Å². The lowest BCUT2D eigenvalue weighted by molar-refractivity contribution is -0.201. The number of esters is 2. The van der Waals surface area contributed by atoms with Gasteiger partial charge in [-0.05, 0) is 6.26 Å². The second-order valence-electron chi connectivity index (χ2n) is 3.18. The molecule has 0 aliphatic carbocycles. The number of aromatic nitrogens is 2. The number of halogens is 4. The summed E-state index contributed by atoms with van der Waals surface area (Å²) in [5.74, 6) is -3.85. The first-order valence-corrected chi connectivity index (χ1v) is 6.47. The molecular formula is C9H7ClF3N3O3S. The van der Waals surface area contributed by atoms with Crippen molar-refractivity contribution in [2.24, 2.45) is 0 Å². The van der Waals surface area contributed by atoms with Crippen molar-refractivity contribution >= 4 is 41.1 Å². The Morgan fingerprint density at radius 3 is 2.65 bits per heavy atom. The van der Waals surface area contributed by atoms with E-state index >= 15 is 0 Å². The smallest absolute Gasteiger partial charge is 0.385 e. The van der Waals surface area contributed by atoms with Crippen LogP contribution in [-0.2, 0) is 14.3 Å². The molecule has 1 rings (SSSR count). The zero-order chi connectivity index (χ0) is 15.3. The second-order valence-corrected chi connectivity index (χ2v) is 4.34. The van der Waals surface area contributed by atoms with E-state index in [0.29, 0.717) is 5.16 Å². The molecule has 0 aliphatic rings. The Labute approximate surface area is 120 Å². The summed E-state index contributed by atoms with van der Waals surface area (Å²) in [6.45, 7) is -0.678. The van der Waals surface area contributed by atoms with Gasteiger partial charge in [-0.3, -0.25) is 0 Å². The summed E-state index contributed by atoms with van der Waals surface area (Å²) < 4.78 is 39.1. The van der Waals surface area contributed by atoms with Gasteiger partial charge in [0.2, 0.25) is 0 Å². The van der Waals surface area contributed by atoms with Crippen LogP contribution >= 0.6 is 23.4 Å². The van der Waals surface area contributed by atoms with E-state index in [1.165, 1.54) is 17.8 Å². The predicted molar refractivity (Wildman–Crippen MR) is 64.5 cm³/mol. The normalized spacial score (nSPS) is 11.1. The van der Waals surface area contributed by atoms with Gasteiger partial charge in [0, 0.05) is 6.07 Å². The number of alkyl halides is 3. The van der Waals surface area contributed by atoms with Gasteiger partial charge in [-0.1, -0.05) is 23.4 Å². The van der Waals surface area contributed by atoms with Crippen LogP contribution in [-0.4, -0.2) is 40.9 Å². The molecule has 0 spiro atoms. The number of nitrogens with zero attached hydrogens (tertiary/aromatic N) is 2. The fourth-order valence-electron chi connectivity index (χ4n) is 0.939. The lowest BCUT2D eigenvalue weighted by atomic mass is 10.5. The number of carbonyl (C=O) groups excluding carboxylic acids is 2. The molecule has 1 aromatic heterocycles. The van der Waals surface area contributed by atoms with E-state index in [-0.39, 0.29) is 11.0 Å². The van der Waals surface area contributed by atoms with Crippen molar-refractivity contribution in [2.45, 2.75) is 11.3 Å². The average Bonchev–Trinajstić information content (AvgIpc) is 2.34. The molecule has 0 fully saturated rings. The van der Waals surface area contributed by atoms with Crippen LogP contribution in [0.5, 0.6) is 0 Å². The zero-order valence-corrected chi connectivity index (χ0v) is 11.4. The molecule has 110 valence electrons. The third kappa shape index (κ3) is 5.21. The summed E-state index contributed by atoms with van der Waals surface area (Å²) in [7, 11) is 0. The van der Waals surface area contributed by atoms with Crippen molar-refractivity contribution in [3.8, 4) is 0 Å². The Morgan fingerprint density at radius 2 is 2.10 bits per heavy atom. The topological polar surface area (TPSA) is 81.2 Å². The van der Waals surface area contributed by atoms with Gasteiger partial charge in [0.15, 0.2) is 5.16 Å². The molecule has 0 aliphatic heterocycles. The van der Waals surface area contributed by atoms with Crippen molar-refractivity contribution in [3.63, 3.8) is 0 Å². The third-order valence-electron chi connectivity index (χ3n) is 1.71. The minimum absolute atomic E-state index is 0.0894. The number of rotatable bonds is 4. The van der Waals surface area contributed by atoms with Gasteiger partial charge < -0.3 is 10.1 Å². The van der Waals surface area contributed by atoms with Crippen molar-refractivity contribution in [2.75, 3.05) is 18.1 Å². The Kier molecular flexibility index (Phi) is 5.57.